The third-order valence-corrected chi connectivity index (χ3v) is 3.81. The highest BCUT2D eigenvalue weighted by Gasteiger charge is 2.28. The molecule has 1 amide bonds. The third kappa shape index (κ3) is 4.32. The number of rotatable bonds is 6. The van der Waals surface area contributed by atoms with Crippen LogP contribution in [0.5, 0.6) is 0 Å². The van der Waals surface area contributed by atoms with E-state index in [1.807, 2.05) is 30.1 Å². The molecule has 1 aromatic carbocycles. The Balaban J connectivity index is 1.76. The van der Waals surface area contributed by atoms with E-state index >= 15 is 0 Å². The number of carbonyl (C=O) groups excluding carboxylic acids is 1. The fourth-order valence-electron chi connectivity index (χ4n) is 2.67. The molecule has 1 aromatic rings. The van der Waals surface area contributed by atoms with Gasteiger partial charge < -0.3 is 10.4 Å². The smallest absolute Gasteiger partial charge is 0.238 e. The van der Waals surface area contributed by atoms with Crippen LogP contribution in [0.2, 0.25) is 0 Å². The second-order valence-electron chi connectivity index (χ2n) is 5.79. The monoisotopic (exact) mass is 276 g/mol. The van der Waals surface area contributed by atoms with Gasteiger partial charge in [0.2, 0.25) is 5.91 Å². The van der Waals surface area contributed by atoms with Gasteiger partial charge >= 0.3 is 0 Å². The molecule has 1 aliphatic carbocycles. The standard InChI is InChI=1S/C16H24N2O2/c1-3-12-5-4-6-14(7-12)17-16(20)11-18(2)10-13-8-15(19)9-13/h4-7,13,15,19H,3,8-11H2,1-2H3,(H,17,20). The Bertz CT molecular complexity index is 456. The van der Waals surface area contributed by atoms with Crippen molar-refractivity contribution in [2.75, 3.05) is 25.5 Å². The van der Waals surface area contributed by atoms with Crippen LogP contribution in [-0.4, -0.2) is 42.2 Å². The first-order valence-electron chi connectivity index (χ1n) is 7.32. The molecule has 0 bridgehead atoms. The normalized spacial score (nSPS) is 21.6. The van der Waals surface area contributed by atoms with E-state index in [1.54, 1.807) is 0 Å². The molecule has 0 unspecified atom stereocenters. The Morgan fingerprint density at radius 2 is 2.20 bits per heavy atom. The molecule has 0 heterocycles. The van der Waals surface area contributed by atoms with Gasteiger partial charge in [-0.2, -0.15) is 0 Å². The molecule has 1 saturated carbocycles. The highest BCUT2D eigenvalue weighted by atomic mass is 16.3. The third-order valence-electron chi connectivity index (χ3n) is 3.81. The van der Waals surface area contributed by atoms with Crippen LogP contribution < -0.4 is 5.32 Å². The van der Waals surface area contributed by atoms with Gasteiger partial charge in [0.25, 0.3) is 0 Å². The number of nitrogens with one attached hydrogen (secondary N) is 1. The summed E-state index contributed by atoms with van der Waals surface area (Å²) in [4.78, 5) is 14.0. The predicted octanol–water partition coefficient (Wildman–Crippen LogP) is 1.89. The zero-order valence-corrected chi connectivity index (χ0v) is 12.3. The molecular weight excluding hydrogens is 252 g/mol. The summed E-state index contributed by atoms with van der Waals surface area (Å²) >= 11 is 0. The zero-order valence-electron chi connectivity index (χ0n) is 12.3. The fourth-order valence-corrected chi connectivity index (χ4v) is 2.67. The molecule has 1 fully saturated rings. The van der Waals surface area contributed by atoms with Gasteiger partial charge in [-0.3, -0.25) is 9.69 Å². The second kappa shape index (κ2) is 6.86. The zero-order chi connectivity index (χ0) is 14.5. The molecule has 2 rings (SSSR count). The summed E-state index contributed by atoms with van der Waals surface area (Å²) < 4.78 is 0. The highest BCUT2D eigenvalue weighted by Crippen LogP contribution is 2.27. The lowest BCUT2D eigenvalue weighted by Crippen LogP contribution is -2.39. The number of aryl methyl sites for hydroxylation is 1. The van der Waals surface area contributed by atoms with Crippen LogP contribution in [0.4, 0.5) is 5.69 Å². The molecule has 20 heavy (non-hydrogen) atoms. The Hall–Kier alpha value is -1.39. The van der Waals surface area contributed by atoms with Crippen LogP contribution in [-0.2, 0) is 11.2 Å². The number of likely N-dealkylation sites (N-methyl/N-ethyl adjacent to an activating group) is 1. The lowest BCUT2D eigenvalue weighted by Gasteiger charge is -2.34. The average Bonchev–Trinajstić information content (AvgIpc) is 2.36. The van der Waals surface area contributed by atoms with Gasteiger partial charge in [0.05, 0.1) is 12.6 Å². The molecule has 0 spiro atoms. The molecule has 0 aromatic heterocycles. The predicted molar refractivity (Wildman–Crippen MR) is 80.7 cm³/mol. The topological polar surface area (TPSA) is 52.6 Å². The van der Waals surface area contributed by atoms with Gasteiger partial charge in [-0.05, 0) is 49.9 Å². The van der Waals surface area contributed by atoms with Gasteiger partial charge in [0, 0.05) is 12.2 Å². The van der Waals surface area contributed by atoms with Gasteiger partial charge in [-0.25, -0.2) is 0 Å². The molecule has 0 atom stereocenters. The van der Waals surface area contributed by atoms with Crippen molar-refractivity contribution in [3.05, 3.63) is 29.8 Å². The first-order valence-corrected chi connectivity index (χ1v) is 7.32. The summed E-state index contributed by atoms with van der Waals surface area (Å²) in [5.41, 5.74) is 2.08. The van der Waals surface area contributed by atoms with Crippen LogP contribution in [0.15, 0.2) is 24.3 Å². The quantitative estimate of drug-likeness (QED) is 0.834. The SMILES string of the molecule is CCc1cccc(NC(=O)CN(C)CC2CC(O)C2)c1. The van der Waals surface area contributed by atoms with E-state index in [0.717, 1.165) is 31.5 Å². The molecule has 4 heteroatoms. The van der Waals surface area contributed by atoms with Crippen molar-refractivity contribution in [2.24, 2.45) is 5.92 Å². The number of aliphatic hydroxyl groups is 1. The fraction of sp³-hybridized carbons (Fsp3) is 0.562. The molecule has 0 radical (unpaired) electrons. The highest BCUT2D eigenvalue weighted by molar-refractivity contribution is 5.92. The van der Waals surface area contributed by atoms with Crippen molar-refractivity contribution in [1.29, 1.82) is 0 Å². The Morgan fingerprint density at radius 1 is 1.45 bits per heavy atom. The first-order chi connectivity index (χ1) is 9.56. The molecule has 0 aliphatic heterocycles. The van der Waals surface area contributed by atoms with Crippen LogP contribution in [0, 0.1) is 5.92 Å². The Kier molecular flexibility index (Phi) is 5.15. The molecule has 4 nitrogen and oxygen atoms in total. The lowest BCUT2D eigenvalue weighted by molar-refractivity contribution is -0.117. The van der Waals surface area contributed by atoms with Gasteiger partial charge in [-0.15, -0.1) is 0 Å². The maximum absolute atomic E-state index is 12.0. The van der Waals surface area contributed by atoms with Gasteiger partial charge in [0.1, 0.15) is 0 Å². The molecular formula is C16H24N2O2. The summed E-state index contributed by atoms with van der Waals surface area (Å²) in [6, 6.07) is 7.96. The van der Waals surface area contributed by atoms with Crippen molar-refractivity contribution in [1.82, 2.24) is 4.90 Å². The van der Waals surface area contributed by atoms with Crippen molar-refractivity contribution in [2.45, 2.75) is 32.3 Å². The minimum Gasteiger partial charge on any atom is -0.393 e. The summed E-state index contributed by atoms with van der Waals surface area (Å²) in [6.07, 6.45) is 2.57. The van der Waals surface area contributed by atoms with Crippen LogP contribution in [0.1, 0.15) is 25.3 Å². The minimum absolute atomic E-state index is 0.0145. The van der Waals surface area contributed by atoms with Crippen molar-refractivity contribution >= 4 is 11.6 Å². The van der Waals surface area contributed by atoms with Crippen molar-refractivity contribution in [3.8, 4) is 0 Å². The molecule has 2 N–H and O–H groups in total. The maximum Gasteiger partial charge on any atom is 0.238 e. The number of aliphatic hydroxyl groups excluding tert-OH is 1. The van der Waals surface area contributed by atoms with Gasteiger partial charge in [-0.1, -0.05) is 19.1 Å². The number of carbonyl (C=O) groups is 1. The summed E-state index contributed by atoms with van der Waals surface area (Å²) in [7, 11) is 1.95. The maximum atomic E-state index is 12.0. The molecule has 1 aliphatic rings. The number of nitrogens with zero attached hydrogens (tertiary/aromatic N) is 1. The molecule has 0 saturated heterocycles. The van der Waals surface area contributed by atoms with Gasteiger partial charge in [0.15, 0.2) is 0 Å². The van der Waals surface area contributed by atoms with E-state index in [0.29, 0.717) is 12.5 Å². The average molecular weight is 276 g/mol. The van der Waals surface area contributed by atoms with Crippen LogP contribution >= 0.6 is 0 Å². The number of anilines is 1. The number of amides is 1. The number of benzene rings is 1. The van der Waals surface area contributed by atoms with E-state index in [9.17, 15) is 9.90 Å². The minimum atomic E-state index is -0.126. The van der Waals surface area contributed by atoms with Crippen LogP contribution in [0.25, 0.3) is 0 Å². The van der Waals surface area contributed by atoms with E-state index in [2.05, 4.69) is 18.3 Å². The first kappa shape index (κ1) is 15.0. The van der Waals surface area contributed by atoms with Crippen LogP contribution in [0.3, 0.4) is 0 Å². The summed E-state index contributed by atoms with van der Waals surface area (Å²) in [6.45, 7) is 3.37. The summed E-state index contributed by atoms with van der Waals surface area (Å²) in [5, 5.41) is 12.2. The summed E-state index contributed by atoms with van der Waals surface area (Å²) in [5.74, 6) is 0.548. The van der Waals surface area contributed by atoms with E-state index in [1.165, 1.54) is 5.56 Å². The Labute approximate surface area is 120 Å². The lowest BCUT2D eigenvalue weighted by atomic mass is 9.82. The largest absolute Gasteiger partial charge is 0.393 e. The van der Waals surface area contributed by atoms with E-state index in [4.69, 9.17) is 0 Å². The second-order valence-corrected chi connectivity index (χ2v) is 5.79. The van der Waals surface area contributed by atoms with E-state index < -0.39 is 0 Å². The van der Waals surface area contributed by atoms with Crippen molar-refractivity contribution in [3.63, 3.8) is 0 Å². The molecule has 110 valence electrons. The van der Waals surface area contributed by atoms with E-state index in [-0.39, 0.29) is 12.0 Å². The number of hydrogen-bond acceptors (Lipinski definition) is 3. The number of hydrogen-bond donors (Lipinski definition) is 2. The van der Waals surface area contributed by atoms with Crippen molar-refractivity contribution < 1.29 is 9.90 Å². The Morgan fingerprint density at radius 3 is 2.85 bits per heavy atom.